The highest BCUT2D eigenvalue weighted by molar-refractivity contribution is 6.32. The van der Waals surface area contributed by atoms with E-state index in [0.717, 1.165) is 24.5 Å². The summed E-state index contributed by atoms with van der Waals surface area (Å²) in [7, 11) is 1.57. The molecule has 3 saturated carbocycles. The monoisotopic (exact) mass is 508 g/mol. The van der Waals surface area contributed by atoms with Crippen LogP contribution in [0.5, 0.6) is 11.5 Å². The van der Waals surface area contributed by atoms with Crippen LogP contribution in [0, 0.1) is 23.6 Å². The largest absolute Gasteiger partial charge is 0.495 e. The average Bonchev–Trinajstić information content (AvgIpc) is 2.79. The van der Waals surface area contributed by atoms with E-state index in [1.165, 1.54) is 12.1 Å². The lowest BCUT2D eigenvalue weighted by atomic mass is 9.57. The van der Waals surface area contributed by atoms with Crippen LogP contribution in [0.3, 0.4) is 0 Å². The minimum atomic E-state index is -0.601. The van der Waals surface area contributed by atoms with Crippen molar-refractivity contribution in [3.8, 4) is 11.5 Å². The Balaban J connectivity index is 1.23. The summed E-state index contributed by atoms with van der Waals surface area (Å²) in [5, 5.41) is 6.57. The topological polar surface area (TPSA) is 76.7 Å². The van der Waals surface area contributed by atoms with Crippen molar-refractivity contribution in [2.45, 2.75) is 31.7 Å². The van der Waals surface area contributed by atoms with E-state index >= 15 is 0 Å². The Morgan fingerprint density at radius 1 is 1.06 bits per heavy atom. The molecule has 2 bridgehead atoms. The number of amides is 2. The van der Waals surface area contributed by atoms with E-state index in [2.05, 4.69) is 10.6 Å². The van der Waals surface area contributed by atoms with Gasteiger partial charge in [0, 0.05) is 24.6 Å². The summed E-state index contributed by atoms with van der Waals surface area (Å²) in [4.78, 5) is 25.3. The number of carbonyl (C=O) groups is 2. The van der Waals surface area contributed by atoms with Crippen LogP contribution in [0.25, 0.3) is 0 Å². The first-order chi connectivity index (χ1) is 16.3. The summed E-state index contributed by atoms with van der Waals surface area (Å²) in [6.07, 6.45) is 3.13. The predicted molar refractivity (Wildman–Crippen MR) is 128 cm³/mol. The van der Waals surface area contributed by atoms with E-state index in [1.54, 1.807) is 7.11 Å². The third-order valence-corrected chi connectivity index (χ3v) is 7.33. The van der Waals surface area contributed by atoms with Crippen LogP contribution in [-0.2, 0) is 16.0 Å². The Kier molecular flexibility index (Phi) is 7.84. The number of nitrogens with one attached hydrogen (secondary N) is 2. The van der Waals surface area contributed by atoms with Crippen molar-refractivity contribution in [3.63, 3.8) is 0 Å². The molecule has 2 aromatic rings. The van der Waals surface area contributed by atoms with Crippen molar-refractivity contribution in [1.29, 1.82) is 0 Å². The molecule has 6 nitrogen and oxygen atoms in total. The predicted octanol–water partition coefficient (Wildman–Crippen LogP) is 4.41. The lowest BCUT2D eigenvalue weighted by Gasteiger charge is -2.50. The molecule has 9 heteroatoms. The molecule has 3 fully saturated rings. The molecule has 2 atom stereocenters. The minimum Gasteiger partial charge on any atom is -0.495 e. The van der Waals surface area contributed by atoms with Crippen LogP contribution >= 0.6 is 23.2 Å². The summed E-state index contributed by atoms with van der Waals surface area (Å²) in [6.45, 7) is 0.283. The molecule has 0 unspecified atom stereocenters. The van der Waals surface area contributed by atoms with Crippen molar-refractivity contribution in [1.82, 2.24) is 10.6 Å². The van der Waals surface area contributed by atoms with Gasteiger partial charge in [-0.15, -0.1) is 0 Å². The number of benzene rings is 2. The van der Waals surface area contributed by atoms with Gasteiger partial charge in [0.05, 0.1) is 17.2 Å². The van der Waals surface area contributed by atoms with E-state index in [-0.39, 0.29) is 41.2 Å². The molecular formula is C25H27Cl2FN2O4. The number of ether oxygens (including phenoxy) is 2. The van der Waals surface area contributed by atoms with Gasteiger partial charge in [-0.05, 0) is 67.3 Å². The van der Waals surface area contributed by atoms with Gasteiger partial charge in [0.1, 0.15) is 17.3 Å². The molecule has 2 amide bonds. The number of hydrogen-bond acceptors (Lipinski definition) is 4. The Bertz CT molecular complexity index is 1060. The quantitative estimate of drug-likeness (QED) is 0.525. The molecule has 0 radical (unpaired) electrons. The number of methoxy groups -OCH3 is 1. The first kappa shape index (κ1) is 24.6. The van der Waals surface area contributed by atoms with Crippen LogP contribution in [0.1, 0.15) is 24.8 Å². The third kappa shape index (κ3) is 5.76. The number of rotatable bonds is 9. The Morgan fingerprint density at radius 3 is 2.56 bits per heavy atom. The first-order valence-corrected chi connectivity index (χ1v) is 12.1. The van der Waals surface area contributed by atoms with Gasteiger partial charge in [0.15, 0.2) is 6.61 Å². The van der Waals surface area contributed by atoms with Crippen LogP contribution in [-0.4, -0.2) is 38.1 Å². The van der Waals surface area contributed by atoms with Gasteiger partial charge in [-0.25, -0.2) is 4.39 Å². The van der Waals surface area contributed by atoms with Gasteiger partial charge in [0.2, 0.25) is 5.91 Å². The van der Waals surface area contributed by atoms with Crippen molar-refractivity contribution in [2.75, 3.05) is 20.3 Å². The van der Waals surface area contributed by atoms with Gasteiger partial charge < -0.3 is 20.1 Å². The van der Waals surface area contributed by atoms with Gasteiger partial charge >= 0.3 is 0 Å². The zero-order valence-corrected chi connectivity index (χ0v) is 20.3. The van der Waals surface area contributed by atoms with Crippen molar-refractivity contribution >= 4 is 35.0 Å². The highest BCUT2D eigenvalue weighted by Crippen LogP contribution is 2.49. The highest BCUT2D eigenvalue weighted by atomic mass is 35.5. The molecule has 3 aliphatic rings. The van der Waals surface area contributed by atoms with E-state index in [1.807, 2.05) is 18.2 Å². The van der Waals surface area contributed by atoms with E-state index in [9.17, 15) is 14.0 Å². The molecule has 34 heavy (non-hydrogen) atoms. The Morgan fingerprint density at radius 2 is 1.85 bits per heavy atom. The molecule has 2 N–H and O–H groups in total. The second-order valence-electron chi connectivity index (χ2n) is 8.88. The van der Waals surface area contributed by atoms with Crippen LogP contribution in [0.15, 0.2) is 36.4 Å². The number of hydrogen-bond donors (Lipinski definition) is 2. The highest BCUT2D eigenvalue weighted by Gasteiger charge is 2.48. The fourth-order valence-electron chi connectivity index (χ4n) is 4.81. The molecule has 0 aliphatic heterocycles. The fourth-order valence-corrected chi connectivity index (χ4v) is 5.21. The smallest absolute Gasteiger partial charge is 0.258 e. The second-order valence-corrected chi connectivity index (χ2v) is 9.70. The summed E-state index contributed by atoms with van der Waals surface area (Å²) in [6, 6.07) is 9.56. The van der Waals surface area contributed by atoms with Crippen LogP contribution in [0.2, 0.25) is 10.0 Å². The molecule has 182 valence electrons. The first-order valence-electron chi connectivity index (χ1n) is 11.3. The van der Waals surface area contributed by atoms with Crippen molar-refractivity contribution < 1.29 is 23.5 Å². The maximum Gasteiger partial charge on any atom is 0.258 e. The maximum absolute atomic E-state index is 13.5. The van der Waals surface area contributed by atoms with Gasteiger partial charge in [0.25, 0.3) is 5.91 Å². The third-order valence-electron chi connectivity index (χ3n) is 6.73. The van der Waals surface area contributed by atoms with Gasteiger partial charge in [-0.1, -0.05) is 29.3 Å². The molecule has 0 heterocycles. The number of fused-ring (bicyclic) bond motifs is 2. The molecule has 0 spiro atoms. The van der Waals surface area contributed by atoms with E-state index in [4.69, 9.17) is 32.7 Å². The Labute approximate surface area is 208 Å². The SMILES string of the molecule is COc1ccc(CCNC(=O)[C@@H]2C[C@H](NC(=O)COc3ccc(Cl)c(F)c3)C3CC2C3)cc1Cl. The number of carbonyl (C=O) groups excluding carboxylic acids is 2. The van der Waals surface area contributed by atoms with Crippen molar-refractivity contribution in [2.24, 2.45) is 17.8 Å². The lowest BCUT2D eigenvalue weighted by molar-refractivity contribution is -0.136. The molecule has 3 aliphatic carbocycles. The summed E-state index contributed by atoms with van der Waals surface area (Å²) >= 11 is 11.8. The average molecular weight is 509 g/mol. The Hall–Kier alpha value is -2.51. The number of halogens is 3. The van der Waals surface area contributed by atoms with E-state index < -0.39 is 5.82 Å². The lowest BCUT2D eigenvalue weighted by Crippen LogP contribution is -2.57. The molecule has 5 rings (SSSR count). The summed E-state index contributed by atoms with van der Waals surface area (Å²) < 4.78 is 24.1. The molecular weight excluding hydrogens is 482 g/mol. The normalized spacial score (nSPS) is 22.9. The van der Waals surface area contributed by atoms with Gasteiger partial charge in [-0.2, -0.15) is 0 Å². The molecule has 2 aromatic carbocycles. The molecule has 0 saturated heterocycles. The van der Waals surface area contributed by atoms with Gasteiger partial charge in [-0.3, -0.25) is 9.59 Å². The minimum absolute atomic E-state index is 0.00402. The zero-order valence-electron chi connectivity index (χ0n) is 18.8. The zero-order chi connectivity index (χ0) is 24.2. The van der Waals surface area contributed by atoms with Crippen molar-refractivity contribution in [3.05, 3.63) is 57.8 Å². The van der Waals surface area contributed by atoms with E-state index in [0.29, 0.717) is 42.0 Å². The summed E-state index contributed by atoms with van der Waals surface area (Å²) in [5.41, 5.74) is 1.02. The molecule has 0 aromatic heterocycles. The summed E-state index contributed by atoms with van der Waals surface area (Å²) in [5.74, 6) is 0.609. The van der Waals surface area contributed by atoms with Crippen LogP contribution in [0.4, 0.5) is 4.39 Å². The second kappa shape index (κ2) is 10.8. The fraction of sp³-hybridized carbons (Fsp3) is 0.440. The maximum atomic E-state index is 13.5. The standard InChI is InChI=1S/C25H27Cl2FN2O4/c1-33-23-5-2-14(8-20(23)27)6-7-29-25(32)18-12-22(16-9-15(18)10-16)30-24(31)13-34-17-3-4-19(26)21(28)11-17/h2-5,8,11,15-16,18,22H,6-7,9-10,12-13H2,1H3,(H,29,32)(H,30,31)/t15?,16?,18-,22+/m1/s1. The van der Waals surface area contributed by atoms with Crippen LogP contribution < -0.4 is 20.1 Å².